The van der Waals surface area contributed by atoms with Crippen LogP contribution in [-0.4, -0.2) is 13.5 Å². The molecule has 0 atom stereocenters. The number of aryl methyl sites for hydroxylation is 1. The van der Waals surface area contributed by atoms with Crippen molar-refractivity contribution in [1.82, 2.24) is 0 Å². The molecule has 21 heavy (non-hydrogen) atoms. The van der Waals surface area contributed by atoms with Crippen LogP contribution in [0.25, 0.3) is 0 Å². The molecule has 4 nitrogen and oxygen atoms in total. The van der Waals surface area contributed by atoms with E-state index in [0.717, 1.165) is 0 Å². The maximum absolute atomic E-state index is 13.7. The van der Waals surface area contributed by atoms with Crippen LogP contribution >= 0.6 is 11.6 Å². The van der Waals surface area contributed by atoms with Gasteiger partial charge in [-0.15, -0.1) is 0 Å². The molecule has 7 heteroatoms. The average molecular weight is 330 g/mol. The number of anilines is 1. The number of nitrogens with one attached hydrogen (secondary N) is 1. The quantitative estimate of drug-likeness (QED) is 0.906. The number of rotatable bonds is 4. The second kappa shape index (κ2) is 6.01. The summed E-state index contributed by atoms with van der Waals surface area (Å²) >= 11 is 5.81. The second-order valence-corrected chi connectivity index (χ2v) is 6.59. The highest BCUT2D eigenvalue weighted by atomic mass is 35.5. The Hall–Kier alpha value is -1.63. The zero-order chi connectivity index (χ0) is 15.6. The van der Waals surface area contributed by atoms with E-state index >= 15 is 0 Å². The van der Waals surface area contributed by atoms with E-state index in [4.69, 9.17) is 16.7 Å². The first-order valence-corrected chi connectivity index (χ1v) is 7.88. The maximum Gasteiger partial charge on any atom is 0.261 e. The number of halogens is 2. The van der Waals surface area contributed by atoms with E-state index in [9.17, 15) is 12.8 Å². The molecule has 0 bridgehead atoms. The summed E-state index contributed by atoms with van der Waals surface area (Å²) in [4.78, 5) is -0.101. The van der Waals surface area contributed by atoms with E-state index in [1.54, 1.807) is 13.0 Å². The van der Waals surface area contributed by atoms with Crippen LogP contribution in [0.15, 0.2) is 41.3 Å². The van der Waals surface area contributed by atoms with Crippen molar-refractivity contribution in [2.45, 2.75) is 18.4 Å². The van der Waals surface area contributed by atoms with E-state index in [2.05, 4.69) is 4.72 Å². The smallest absolute Gasteiger partial charge is 0.261 e. The van der Waals surface area contributed by atoms with Crippen molar-refractivity contribution in [2.75, 3.05) is 4.72 Å². The van der Waals surface area contributed by atoms with Gasteiger partial charge < -0.3 is 5.11 Å². The molecule has 0 heterocycles. The fraction of sp³-hybridized carbons (Fsp3) is 0.143. The molecule has 0 spiro atoms. The van der Waals surface area contributed by atoms with Crippen molar-refractivity contribution in [2.24, 2.45) is 0 Å². The van der Waals surface area contributed by atoms with Crippen LogP contribution in [0, 0.1) is 12.7 Å². The van der Waals surface area contributed by atoms with Gasteiger partial charge in [0, 0.05) is 5.02 Å². The van der Waals surface area contributed by atoms with E-state index in [0.29, 0.717) is 5.56 Å². The minimum absolute atomic E-state index is 0.101. The number of aliphatic hydroxyl groups is 1. The van der Waals surface area contributed by atoms with Gasteiger partial charge in [-0.1, -0.05) is 17.7 Å². The Morgan fingerprint density at radius 3 is 2.57 bits per heavy atom. The molecule has 0 aliphatic carbocycles. The van der Waals surface area contributed by atoms with Gasteiger partial charge in [0.05, 0.1) is 17.2 Å². The molecule has 0 fully saturated rings. The van der Waals surface area contributed by atoms with Gasteiger partial charge in [0.15, 0.2) is 0 Å². The highest BCUT2D eigenvalue weighted by Gasteiger charge is 2.17. The summed E-state index contributed by atoms with van der Waals surface area (Å²) in [6, 6.07) is 8.09. The zero-order valence-electron chi connectivity index (χ0n) is 11.1. The molecule has 0 saturated heterocycles. The van der Waals surface area contributed by atoms with Gasteiger partial charge >= 0.3 is 0 Å². The molecule has 2 aromatic carbocycles. The molecule has 0 amide bonds. The third kappa shape index (κ3) is 3.53. The second-order valence-electron chi connectivity index (χ2n) is 4.50. The molecular formula is C14H13ClFNO3S. The minimum Gasteiger partial charge on any atom is -0.392 e. The van der Waals surface area contributed by atoms with E-state index < -0.39 is 15.8 Å². The van der Waals surface area contributed by atoms with Crippen LogP contribution in [-0.2, 0) is 16.6 Å². The summed E-state index contributed by atoms with van der Waals surface area (Å²) in [5, 5.41) is 9.38. The van der Waals surface area contributed by atoms with Gasteiger partial charge in [-0.05, 0) is 48.4 Å². The first-order valence-electron chi connectivity index (χ1n) is 6.02. The molecule has 2 aromatic rings. The molecule has 0 aliphatic rings. The summed E-state index contributed by atoms with van der Waals surface area (Å²) in [5.74, 6) is -0.657. The number of aliphatic hydroxyl groups excluding tert-OH is 1. The third-order valence-corrected chi connectivity index (χ3v) is 4.60. The first-order chi connectivity index (χ1) is 9.83. The molecule has 2 rings (SSSR count). The molecule has 0 radical (unpaired) electrons. The first kappa shape index (κ1) is 15.8. The lowest BCUT2D eigenvalue weighted by Gasteiger charge is -2.11. The lowest BCUT2D eigenvalue weighted by atomic mass is 10.2. The van der Waals surface area contributed by atoms with Crippen molar-refractivity contribution >= 4 is 27.3 Å². The van der Waals surface area contributed by atoms with Gasteiger partial charge in [-0.2, -0.15) is 0 Å². The van der Waals surface area contributed by atoms with Crippen LogP contribution in [0.1, 0.15) is 11.1 Å². The van der Waals surface area contributed by atoms with Gasteiger partial charge in [0.25, 0.3) is 10.0 Å². The average Bonchev–Trinajstić information content (AvgIpc) is 2.42. The van der Waals surface area contributed by atoms with Crippen LogP contribution < -0.4 is 4.72 Å². The fourth-order valence-corrected chi connectivity index (χ4v) is 3.04. The third-order valence-electron chi connectivity index (χ3n) is 2.87. The fourth-order valence-electron chi connectivity index (χ4n) is 1.75. The Balaban J connectivity index is 2.38. The topological polar surface area (TPSA) is 66.4 Å². The van der Waals surface area contributed by atoms with E-state index in [1.165, 1.54) is 30.3 Å². The highest BCUT2D eigenvalue weighted by molar-refractivity contribution is 7.92. The molecule has 2 N–H and O–H groups in total. The minimum atomic E-state index is -3.96. The molecule has 0 aliphatic heterocycles. The van der Waals surface area contributed by atoms with Gasteiger partial charge in [0.1, 0.15) is 5.82 Å². The number of hydrogen-bond acceptors (Lipinski definition) is 3. The Kier molecular flexibility index (Phi) is 4.51. The van der Waals surface area contributed by atoms with Crippen molar-refractivity contribution in [3.05, 3.63) is 58.4 Å². The lowest BCUT2D eigenvalue weighted by Crippen LogP contribution is -2.14. The standard InChI is InChI=1S/C14H13ClFNO3S/c1-9-2-5-14(13(16)6-9)17-21(19,20)11-3-4-12(15)10(7-11)8-18/h2-7,17-18H,8H2,1H3. The molecule has 0 unspecified atom stereocenters. The van der Waals surface area contributed by atoms with Crippen molar-refractivity contribution in [3.63, 3.8) is 0 Å². The summed E-state index contributed by atoms with van der Waals surface area (Å²) in [5.41, 5.74) is 0.828. The van der Waals surface area contributed by atoms with Gasteiger partial charge in [-0.3, -0.25) is 4.72 Å². The Labute approximate surface area is 127 Å². The highest BCUT2D eigenvalue weighted by Crippen LogP contribution is 2.24. The summed E-state index contributed by atoms with van der Waals surface area (Å²) in [6.07, 6.45) is 0. The van der Waals surface area contributed by atoms with E-state index in [1.807, 2.05) is 0 Å². The summed E-state index contributed by atoms with van der Waals surface area (Å²) in [6.45, 7) is 1.31. The van der Waals surface area contributed by atoms with Crippen LogP contribution in [0.5, 0.6) is 0 Å². The van der Waals surface area contributed by atoms with Crippen molar-refractivity contribution in [1.29, 1.82) is 0 Å². The molecule has 112 valence electrons. The molecular weight excluding hydrogens is 317 g/mol. The van der Waals surface area contributed by atoms with Crippen molar-refractivity contribution in [3.8, 4) is 0 Å². The number of hydrogen-bond donors (Lipinski definition) is 2. The molecule has 0 saturated carbocycles. The Morgan fingerprint density at radius 1 is 1.24 bits per heavy atom. The van der Waals surface area contributed by atoms with Crippen LogP contribution in [0.3, 0.4) is 0 Å². The van der Waals surface area contributed by atoms with Gasteiger partial charge in [-0.25, -0.2) is 12.8 Å². The van der Waals surface area contributed by atoms with Crippen LogP contribution in [0.2, 0.25) is 5.02 Å². The zero-order valence-corrected chi connectivity index (χ0v) is 12.7. The van der Waals surface area contributed by atoms with Gasteiger partial charge in [0.2, 0.25) is 0 Å². The van der Waals surface area contributed by atoms with E-state index in [-0.39, 0.29) is 27.8 Å². The lowest BCUT2D eigenvalue weighted by molar-refractivity contribution is 0.281. The van der Waals surface area contributed by atoms with Crippen molar-refractivity contribution < 1.29 is 17.9 Å². The molecule has 0 aromatic heterocycles. The van der Waals surface area contributed by atoms with Crippen LogP contribution in [0.4, 0.5) is 10.1 Å². The SMILES string of the molecule is Cc1ccc(NS(=O)(=O)c2ccc(Cl)c(CO)c2)c(F)c1. The Bertz CT molecular complexity index is 778. The number of sulfonamides is 1. The normalized spacial score (nSPS) is 11.4. The number of benzene rings is 2. The maximum atomic E-state index is 13.7. The predicted octanol–water partition coefficient (Wildman–Crippen LogP) is 3.08. The summed E-state index contributed by atoms with van der Waals surface area (Å²) in [7, 11) is -3.96. The summed E-state index contributed by atoms with van der Waals surface area (Å²) < 4.78 is 40.3. The predicted molar refractivity (Wildman–Crippen MR) is 79.3 cm³/mol. The Morgan fingerprint density at radius 2 is 1.95 bits per heavy atom. The monoisotopic (exact) mass is 329 g/mol. The largest absolute Gasteiger partial charge is 0.392 e.